The van der Waals surface area contributed by atoms with Gasteiger partial charge in [0.2, 0.25) is 5.88 Å². The lowest BCUT2D eigenvalue weighted by Crippen LogP contribution is -2.34. The molecule has 0 radical (unpaired) electrons. The van der Waals surface area contributed by atoms with Crippen molar-refractivity contribution < 1.29 is 9.53 Å². The van der Waals surface area contributed by atoms with Gasteiger partial charge in [0.05, 0.1) is 18.2 Å². The highest BCUT2D eigenvalue weighted by molar-refractivity contribution is 5.94. The second-order valence-corrected chi connectivity index (χ2v) is 6.83. The van der Waals surface area contributed by atoms with Gasteiger partial charge in [0.1, 0.15) is 0 Å². The van der Waals surface area contributed by atoms with Crippen LogP contribution in [-0.2, 0) is 0 Å². The van der Waals surface area contributed by atoms with Gasteiger partial charge in [-0.15, -0.1) is 0 Å². The molecule has 0 spiro atoms. The number of nitrogens with one attached hydrogen (secondary N) is 2. The van der Waals surface area contributed by atoms with E-state index in [2.05, 4.69) is 20.4 Å². The number of ether oxygens (including phenoxy) is 1. The van der Waals surface area contributed by atoms with Crippen LogP contribution in [0.25, 0.3) is 16.9 Å². The van der Waals surface area contributed by atoms with Crippen molar-refractivity contribution in [3.05, 3.63) is 58.8 Å². The van der Waals surface area contributed by atoms with Crippen LogP contribution in [0.3, 0.4) is 0 Å². The first-order valence-electron chi connectivity index (χ1n) is 8.59. The zero-order valence-corrected chi connectivity index (χ0v) is 15.0. The van der Waals surface area contributed by atoms with E-state index in [1.54, 1.807) is 36.7 Å². The largest absolute Gasteiger partial charge is 0.481 e. The van der Waals surface area contributed by atoms with Crippen molar-refractivity contribution in [2.75, 3.05) is 7.11 Å². The van der Waals surface area contributed by atoms with Gasteiger partial charge >= 0.3 is 0 Å². The smallest absolute Gasteiger partial charge is 0.280 e. The molecule has 8 nitrogen and oxygen atoms in total. The van der Waals surface area contributed by atoms with E-state index >= 15 is 0 Å². The average Bonchev–Trinajstić information content (AvgIpc) is 3.28. The molecule has 0 atom stereocenters. The van der Waals surface area contributed by atoms with Gasteiger partial charge in [-0.05, 0) is 43.5 Å². The van der Waals surface area contributed by atoms with Crippen molar-refractivity contribution in [3.8, 4) is 22.8 Å². The summed E-state index contributed by atoms with van der Waals surface area (Å²) < 4.78 is 6.43. The molecular formula is C19H19N5O3. The monoisotopic (exact) mass is 365 g/mol. The molecule has 3 heterocycles. The van der Waals surface area contributed by atoms with Gasteiger partial charge < -0.3 is 10.1 Å². The Labute approximate surface area is 155 Å². The number of methoxy groups -OCH3 is 1. The van der Waals surface area contributed by atoms with Crippen molar-refractivity contribution in [2.24, 2.45) is 0 Å². The van der Waals surface area contributed by atoms with Gasteiger partial charge in [0.15, 0.2) is 5.82 Å². The summed E-state index contributed by atoms with van der Waals surface area (Å²) in [5, 5.41) is 5.88. The Bertz CT molecular complexity index is 1050. The minimum Gasteiger partial charge on any atom is -0.481 e. The Kier molecular flexibility index (Phi) is 4.02. The minimum absolute atomic E-state index is 0.0906. The van der Waals surface area contributed by atoms with Crippen molar-refractivity contribution >= 4 is 5.91 Å². The Hall–Kier alpha value is -3.42. The lowest BCUT2D eigenvalue weighted by Gasteiger charge is -2.11. The molecule has 1 aliphatic carbocycles. The molecule has 0 bridgehead atoms. The standard InChI is InChI=1S/C19H19N5O3/c1-19(6-7-19)23-17(25)13-3-4-15(21-10-13)24-18(26)14(11-22-24)12-5-8-20-16(9-12)27-2/h3-5,8-11,22H,6-7H2,1-2H3,(H,23,25). The van der Waals surface area contributed by atoms with Crippen LogP contribution < -0.4 is 15.6 Å². The fourth-order valence-corrected chi connectivity index (χ4v) is 2.75. The number of nitrogens with zero attached hydrogens (tertiary/aromatic N) is 3. The van der Waals surface area contributed by atoms with Crippen LogP contribution in [0, 0.1) is 0 Å². The number of aromatic amines is 1. The Morgan fingerprint density at radius 2 is 2.11 bits per heavy atom. The molecule has 2 N–H and O–H groups in total. The Balaban J connectivity index is 1.60. The molecule has 0 aromatic carbocycles. The predicted octanol–water partition coefficient (Wildman–Crippen LogP) is 1.91. The molecule has 27 heavy (non-hydrogen) atoms. The van der Waals surface area contributed by atoms with Crippen LogP contribution in [-0.4, -0.2) is 38.3 Å². The normalized spacial score (nSPS) is 14.6. The highest BCUT2D eigenvalue weighted by Crippen LogP contribution is 2.34. The number of carbonyl (C=O) groups is 1. The van der Waals surface area contributed by atoms with Crippen LogP contribution in [0.2, 0.25) is 0 Å². The van der Waals surface area contributed by atoms with E-state index < -0.39 is 0 Å². The average molecular weight is 365 g/mol. The van der Waals surface area contributed by atoms with Gasteiger partial charge in [0.25, 0.3) is 11.5 Å². The van der Waals surface area contributed by atoms with Crippen LogP contribution in [0.1, 0.15) is 30.1 Å². The van der Waals surface area contributed by atoms with Crippen LogP contribution in [0.15, 0.2) is 47.7 Å². The SMILES string of the molecule is COc1cc(-c2c[nH]n(-c3ccc(C(=O)NC4(C)CC4)cn3)c2=O)ccn1. The third kappa shape index (κ3) is 3.33. The highest BCUT2D eigenvalue weighted by atomic mass is 16.5. The molecule has 8 heteroatoms. The number of amides is 1. The second kappa shape index (κ2) is 6.39. The van der Waals surface area contributed by atoms with Crippen molar-refractivity contribution in [2.45, 2.75) is 25.3 Å². The van der Waals surface area contributed by atoms with Gasteiger partial charge in [-0.3, -0.25) is 14.7 Å². The van der Waals surface area contributed by atoms with E-state index in [0.717, 1.165) is 12.8 Å². The fourth-order valence-electron chi connectivity index (χ4n) is 2.75. The number of carbonyl (C=O) groups excluding carboxylic acids is 1. The highest BCUT2D eigenvalue weighted by Gasteiger charge is 2.38. The molecule has 3 aromatic heterocycles. The maximum absolute atomic E-state index is 12.7. The van der Waals surface area contributed by atoms with Gasteiger partial charge in [0, 0.05) is 30.2 Å². The van der Waals surface area contributed by atoms with Gasteiger partial charge in [-0.2, -0.15) is 0 Å². The third-order valence-corrected chi connectivity index (χ3v) is 4.68. The summed E-state index contributed by atoms with van der Waals surface area (Å²) in [6, 6.07) is 6.72. The fraction of sp³-hybridized carbons (Fsp3) is 0.263. The molecule has 4 rings (SSSR count). The number of pyridine rings is 2. The van der Waals surface area contributed by atoms with E-state index in [0.29, 0.717) is 28.4 Å². The molecule has 0 saturated heterocycles. The topological polar surface area (TPSA) is 102 Å². The quantitative estimate of drug-likeness (QED) is 0.719. The van der Waals surface area contributed by atoms with E-state index in [4.69, 9.17) is 4.74 Å². The number of rotatable bonds is 5. The molecular weight excluding hydrogens is 346 g/mol. The van der Waals surface area contributed by atoms with Crippen LogP contribution >= 0.6 is 0 Å². The summed E-state index contributed by atoms with van der Waals surface area (Å²) in [6.07, 6.45) is 6.64. The molecule has 138 valence electrons. The summed E-state index contributed by atoms with van der Waals surface area (Å²) >= 11 is 0. The molecule has 1 saturated carbocycles. The van der Waals surface area contributed by atoms with E-state index in [-0.39, 0.29) is 17.0 Å². The molecule has 3 aromatic rings. The lowest BCUT2D eigenvalue weighted by molar-refractivity contribution is 0.0935. The van der Waals surface area contributed by atoms with Gasteiger partial charge in [-0.1, -0.05) is 0 Å². The zero-order chi connectivity index (χ0) is 19.0. The number of hydrogen-bond acceptors (Lipinski definition) is 5. The summed E-state index contributed by atoms with van der Waals surface area (Å²) in [6.45, 7) is 2.01. The predicted molar refractivity (Wildman–Crippen MR) is 99.1 cm³/mol. The lowest BCUT2D eigenvalue weighted by atomic mass is 10.1. The summed E-state index contributed by atoms with van der Waals surface area (Å²) in [7, 11) is 1.52. The molecule has 1 amide bonds. The third-order valence-electron chi connectivity index (χ3n) is 4.68. The summed E-state index contributed by atoms with van der Waals surface area (Å²) in [5.74, 6) is 0.677. The van der Waals surface area contributed by atoms with E-state index in [1.165, 1.54) is 18.0 Å². The molecule has 1 aliphatic rings. The first-order chi connectivity index (χ1) is 13.0. The number of hydrogen-bond donors (Lipinski definition) is 2. The first-order valence-corrected chi connectivity index (χ1v) is 8.59. The van der Waals surface area contributed by atoms with Gasteiger partial charge in [-0.25, -0.2) is 14.6 Å². The van der Waals surface area contributed by atoms with Crippen LogP contribution in [0.5, 0.6) is 5.88 Å². The molecule has 1 fully saturated rings. The van der Waals surface area contributed by atoms with Crippen molar-refractivity contribution in [1.29, 1.82) is 0 Å². The maximum Gasteiger partial charge on any atom is 0.280 e. The van der Waals surface area contributed by atoms with E-state index in [1.807, 2.05) is 6.92 Å². The molecule has 0 unspecified atom stereocenters. The first kappa shape index (κ1) is 17.0. The van der Waals surface area contributed by atoms with Crippen LogP contribution in [0.4, 0.5) is 0 Å². The molecule has 0 aliphatic heterocycles. The Morgan fingerprint density at radius 1 is 1.30 bits per heavy atom. The Morgan fingerprint density at radius 3 is 2.78 bits per heavy atom. The summed E-state index contributed by atoms with van der Waals surface area (Å²) in [5.41, 5.74) is 1.28. The second-order valence-electron chi connectivity index (χ2n) is 6.83. The van der Waals surface area contributed by atoms with Crippen molar-refractivity contribution in [1.82, 2.24) is 25.1 Å². The van der Waals surface area contributed by atoms with E-state index in [9.17, 15) is 9.59 Å². The maximum atomic E-state index is 12.7. The summed E-state index contributed by atoms with van der Waals surface area (Å²) in [4.78, 5) is 33.3. The number of aromatic nitrogens is 4. The minimum atomic E-state index is -0.251. The zero-order valence-electron chi connectivity index (χ0n) is 15.0. The number of H-pyrrole nitrogens is 1. The van der Waals surface area contributed by atoms with Crippen molar-refractivity contribution in [3.63, 3.8) is 0 Å².